The molecule has 5 nitrogen and oxygen atoms in total. The number of aromatic carboxylic acids is 1. The number of carbonyl (C=O) groups is 1. The van der Waals surface area contributed by atoms with E-state index in [0.29, 0.717) is 11.0 Å². The van der Waals surface area contributed by atoms with Crippen LogP contribution in [-0.4, -0.2) is 42.4 Å². The molecule has 0 amide bonds. The standard InChI is InChI=1S/C12H15ClN2O3/c1-18-8-4-6-15(7-5-8)11-9(12(16)17)2-3-10(13)14-11/h2-3,8H,4-7H2,1H3,(H,16,17). The average Bonchev–Trinajstić information content (AvgIpc) is 2.38. The van der Waals surface area contributed by atoms with Gasteiger partial charge in [0.05, 0.1) is 6.10 Å². The van der Waals surface area contributed by atoms with Crippen LogP contribution in [0.5, 0.6) is 0 Å². The van der Waals surface area contributed by atoms with Gasteiger partial charge in [0.2, 0.25) is 0 Å². The Morgan fingerprint density at radius 3 is 2.72 bits per heavy atom. The van der Waals surface area contributed by atoms with Gasteiger partial charge in [0.15, 0.2) is 0 Å². The Labute approximate surface area is 110 Å². The number of piperidine rings is 1. The van der Waals surface area contributed by atoms with E-state index in [1.54, 1.807) is 7.11 Å². The Hall–Kier alpha value is -1.33. The fourth-order valence-corrected chi connectivity index (χ4v) is 2.28. The number of pyridine rings is 1. The summed E-state index contributed by atoms with van der Waals surface area (Å²) in [5.41, 5.74) is 0.190. The molecule has 0 atom stereocenters. The van der Waals surface area contributed by atoms with Crippen LogP contribution >= 0.6 is 11.6 Å². The maximum atomic E-state index is 11.2. The summed E-state index contributed by atoms with van der Waals surface area (Å²) < 4.78 is 5.29. The lowest BCUT2D eigenvalue weighted by atomic mass is 10.1. The van der Waals surface area contributed by atoms with E-state index in [9.17, 15) is 4.79 Å². The molecule has 1 fully saturated rings. The van der Waals surface area contributed by atoms with Crippen LogP contribution in [-0.2, 0) is 4.74 Å². The third-order valence-corrected chi connectivity index (χ3v) is 3.36. The summed E-state index contributed by atoms with van der Waals surface area (Å²) in [5, 5.41) is 9.46. The average molecular weight is 271 g/mol. The molecule has 0 aliphatic carbocycles. The molecule has 1 aliphatic rings. The van der Waals surface area contributed by atoms with Crippen molar-refractivity contribution in [2.75, 3.05) is 25.1 Å². The van der Waals surface area contributed by atoms with Crippen molar-refractivity contribution in [3.8, 4) is 0 Å². The Bertz CT molecular complexity index is 445. The van der Waals surface area contributed by atoms with Gasteiger partial charge >= 0.3 is 5.97 Å². The number of aromatic nitrogens is 1. The maximum Gasteiger partial charge on any atom is 0.339 e. The molecule has 0 saturated carbocycles. The smallest absolute Gasteiger partial charge is 0.339 e. The summed E-state index contributed by atoms with van der Waals surface area (Å²) in [5.74, 6) is -0.535. The summed E-state index contributed by atoms with van der Waals surface area (Å²) in [6.07, 6.45) is 1.97. The summed E-state index contributed by atoms with van der Waals surface area (Å²) in [4.78, 5) is 17.2. The van der Waals surface area contributed by atoms with Crippen molar-refractivity contribution in [2.45, 2.75) is 18.9 Å². The van der Waals surface area contributed by atoms with Crippen LogP contribution in [0.4, 0.5) is 5.82 Å². The van der Waals surface area contributed by atoms with Crippen LogP contribution in [0.3, 0.4) is 0 Å². The van der Waals surface area contributed by atoms with E-state index in [1.807, 2.05) is 4.90 Å². The number of carboxylic acids is 1. The maximum absolute atomic E-state index is 11.2. The van der Waals surface area contributed by atoms with E-state index < -0.39 is 5.97 Å². The largest absolute Gasteiger partial charge is 0.478 e. The van der Waals surface area contributed by atoms with Gasteiger partial charge in [-0.2, -0.15) is 0 Å². The van der Waals surface area contributed by atoms with Crippen molar-refractivity contribution in [1.82, 2.24) is 4.98 Å². The molecule has 98 valence electrons. The molecule has 2 rings (SSSR count). The van der Waals surface area contributed by atoms with Gasteiger partial charge in [0.25, 0.3) is 0 Å². The lowest BCUT2D eigenvalue weighted by molar-refractivity contribution is 0.0696. The van der Waals surface area contributed by atoms with Crippen molar-refractivity contribution in [3.05, 3.63) is 22.8 Å². The minimum Gasteiger partial charge on any atom is -0.478 e. The highest BCUT2D eigenvalue weighted by atomic mass is 35.5. The number of anilines is 1. The summed E-state index contributed by atoms with van der Waals surface area (Å²) in [7, 11) is 1.70. The highest BCUT2D eigenvalue weighted by Crippen LogP contribution is 2.24. The van der Waals surface area contributed by atoms with Gasteiger partial charge in [-0.25, -0.2) is 9.78 Å². The second-order valence-corrected chi connectivity index (χ2v) is 4.62. The van der Waals surface area contributed by atoms with Gasteiger partial charge < -0.3 is 14.7 Å². The van der Waals surface area contributed by atoms with E-state index in [4.69, 9.17) is 21.4 Å². The lowest BCUT2D eigenvalue weighted by Crippen LogP contribution is -2.38. The fraction of sp³-hybridized carbons (Fsp3) is 0.500. The quantitative estimate of drug-likeness (QED) is 0.852. The molecule has 1 aromatic rings. The predicted molar refractivity (Wildman–Crippen MR) is 68.5 cm³/mol. The van der Waals surface area contributed by atoms with Crippen molar-refractivity contribution >= 4 is 23.4 Å². The number of rotatable bonds is 3. The Balaban J connectivity index is 2.22. The zero-order valence-electron chi connectivity index (χ0n) is 10.1. The molecule has 0 aromatic carbocycles. The van der Waals surface area contributed by atoms with Crippen molar-refractivity contribution in [3.63, 3.8) is 0 Å². The Morgan fingerprint density at radius 2 is 2.17 bits per heavy atom. The Kier molecular flexibility index (Phi) is 4.04. The lowest BCUT2D eigenvalue weighted by Gasteiger charge is -2.32. The number of halogens is 1. The first kappa shape index (κ1) is 13.1. The van der Waals surface area contributed by atoms with Crippen molar-refractivity contribution in [1.29, 1.82) is 0 Å². The first-order chi connectivity index (χ1) is 8.61. The summed E-state index contributed by atoms with van der Waals surface area (Å²) >= 11 is 5.84. The minimum atomic E-state index is -0.983. The first-order valence-electron chi connectivity index (χ1n) is 5.79. The van der Waals surface area contributed by atoms with Gasteiger partial charge in [-0.3, -0.25) is 0 Å². The topological polar surface area (TPSA) is 62.7 Å². The SMILES string of the molecule is COC1CCN(c2nc(Cl)ccc2C(=O)O)CC1. The molecule has 18 heavy (non-hydrogen) atoms. The van der Waals surface area contributed by atoms with E-state index in [1.165, 1.54) is 12.1 Å². The molecule has 1 N–H and O–H groups in total. The zero-order chi connectivity index (χ0) is 13.1. The molecular formula is C12H15ClN2O3. The molecule has 1 aliphatic heterocycles. The van der Waals surface area contributed by atoms with Crippen LogP contribution in [0, 0.1) is 0 Å². The molecule has 0 unspecified atom stereocenters. The van der Waals surface area contributed by atoms with E-state index in [-0.39, 0.29) is 11.7 Å². The molecule has 0 radical (unpaired) electrons. The normalized spacial score (nSPS) is 16.9. The van der Waals surface area contributed by atoms with Gasteiger partial charge in [0.1, 0.15) is 16.5 Å². The zero-order valence-corrected chi connectivity index (χ0v) is 10.9. The van der Waals surface area contributed by atoms with E-state index >= 15 is 0 Å². The van der Waals surface area contributed by atoms with Crippen LogP contribution in [0.2, 0.25) is 5.15 Å². The molecule has 0 spiro atoms. The Morgan fingerprint density at radius 1 is 1.50 bits per heavy atom. The molecular weight excluding hydrogens is 256 g/mol. The van der Waals surface area contributed by atoms with Crippen LogP contribution in [0.25, 0.3) is 0 Å². The number of hydrogen-bond acceptors (Lipinski definition) is 4. The highest BCUT2D eigenvalue weighted by molar-refractivity contribution is 6.29. The van der Waals surface area contributed by atoms with Gasteiger partial charge in [-0.15, -0.1) is 0 Å². The number of methoxy groups -OCH3 is 1. The van der Waals surface area contributed by atoms with Gasteiger partial charge in [-0.1, -0.05) is 11.6 Å². The highest BCUT2D eigenvalue weighted by Gasteiger charge is 2.23. The summed E-state index contributed by atoms with van der Waals surface area (Å²) in [6.45, 7) is 1.46. The number of carboxylic acid groups (broad SMARTS) is 1. The first-order valence-corrected chi connectivity index (χ1v) is 6.17. The van der Waals surface area contributed by atoms with Crippen molar-refractivity contribution in [2.24, 2.45) is 0 Å². The van der Waals surface area contributed by atoms with Crippen LogP contribution in [0.15, 0.2) is 12.1 Å². The second kappa shape index (κ2) is 5.54. The number of nitrogens with zero attached hydrogens (tertiary/aromatic N) is 2. The van der Waals surface area contributed by atoms with Crippen molar-refractivity contribution < 1.29 is 14.6 Å². The molecule has 2 heterocycles. The van der Waals surface area contributed by atoms with E-state index in [0.717, 1.165) is 25.9 Å². The van der Waals surface area contributed by atoms with Gasteiger partial charge in [-0.05, 0) is 25.0 Å². The number of hydrogen-bond donors (Lipinski definition) is 1. The van der Waals surface area contributed by atoms with Gasteiger partial charge in [0, 0.05) is 20.2 Å². The third kappa shape index (κ3) is 2.73. The predicted octanol–water partition coefficient (Wildman–Crippen LogP) is 2.05. The second-order valence-electron chi connectivity index (χ2n) is 4.23. The van der Waals surface area contributed by atoms with Crippen LogP contribution in [0.1, 0.15) is 23.2 Å². The third-order valence-electron chi connectivity index (χ3n) is 3.15. The summed E-state index contributed by atoms with van der Waals surface area (Å²) in [6, 6.07) is 2.99. The van der Waals surface area contributed by atoms with Crippen LogP contribution < -0.4 is 4.90 Å². The monoisotopic (exact) mass is 270 g/mol. The number of ether oxygens (including phenoxy) is 1. The fourth-order valence-electron chi connectivity index (χ4n) is 2.14. The van der Waals surface area contributed by atoms with E-state index in [2.05, 4.69) is 4.98 Å². The molecule has 0 bridgehead atoms. The molecule has 1 aromatic heterocycles. The molecule has 6 heteroatoms. The minimum absolute atomic E-state index is 0.190. The molecule has 1 saturated heterocycles.